The smallest absolute Gasteiger partial charge is 0.242 e. The van der Waals surface area contributed by atoms with Crippen LogP contribution in [0.3, 0.4) is 0 Å². The molecule has 0 aromatic carbocycles. The molecule has 0 radical (unpaired) electrons. The maximum atomic E-state index is 13.2. The van der Waals surface area contributed by atoms with Crippen LogP contribution in [0.5, 0.6) is 0 Å². The molecule has 206 valence electrons. The van der Waals surface area contributed by atoms with Gasteiger partial charge in [0.1, 0.15) is 0 Å². The lowest BCUT2D eigenvalue weighted by atomic mass is 9.90. The van der Waals surface area contributed by atoms with E-state index in [1.54, 1.807) is 19.1 Å². The Bertz CT molecular complexity index is 631. The monoisotopic (exact) mass is 498 g/mol. The number of ether oxygens (including phenoxy) is 1. The largest absolute Gasteiger partial charge is 0.379 e. The molecule has 8 nitrogen and oxygen atoms in total. The van der Waals surface area contributed by atoms with Gasteiger partial charge in [0.15, 0.2) is 0 Å². The van der Waals surface area contributed by atoms with E-state index in [1.807, 2.05) is 37.7 Å². The molecule has 0 bridgehead atoms. The third-order valence-corrected chi connectivity index (χ3v) is 6.82. The second-order valence-corrected chi connectivity index (χ2v) is 10.8. The van der Waals surface area contributed by atoms with Gasteiger partial charge in [0.2, 0.25) is 17.7 Å². The Kier molecular flexibility index (Phi) is 16.1. The lowest BCUT2D eigenvalue weighted by Crippen LogP contribution is -2.54. The second-order valence-electron chi connectivity index (χ2n) is 10.8. The van der Waals surface area contributed by atoms with Gasteiger partial charge in [-0.05, 0) is 44.7 Å². The third kappa shape index (κ3) is 11.3. The number of nitrogens with one attached hydrogen (secondary N) is 1. The number of nitrogens with zero attached hydrogens (tertiary/aromatic N) is 3. The first-order valence-corrected chi connectivity index (χ1v) is 13.3. The molecule has 35 heavy (non-hydrogen) atoms. The predicted molar refractivity (Wildman–Crippen MR) is 143 cm³/mol. The molecule has 0 aromatic heterocycles. The lowest BCUT2D eigenvalue weighted by Gasteiger charge is -2.38. The van der Waals surface area contributed by atoms with Crippen LogP contribution in [0.4, 0.5) is 0 Å². The zero-order valence-electron chi connectivity index (χ0n) is 24.4. The maximum Gasteiger partial charge on any atom is 0.242 e. The highest BCUT2D eigenvalue weighted by atomic mass is 16.5. The van der Waals surface area contributed by atoms with Crippen LogP contribution in [0.2, 0.25) is 0 Å². The van der Waals surface area contributed by atoms with E-state index in [4.69, 9.17) is 4.74 Å². The number of hydrogen-bond donors (Lipinski definition) is 1. The summed E-state index contributed by atoms with van der Waals surface area (Å²) in [7, 11) is 7.08. The van der Waals surface area contributed by atoms with Gasteiger partial charge in [-0.1, -0.05) is 54.9 Å². The predicted octanol–water partition coefficient (Wildman–Crippen LogP) is 3.25. The van der Waals surface area contributed by atoms with Crippen molar-refractivity contribution in [1.82, 2.24) is 20.0 Å². The van der Waals surface area contributed by atoms with Crippen LogP contribution in [-0.2, 0) is 19.1 Å². The molecule has 4 atom stereocenters. The van der Waals surface area contributed by atoms with Crippen LogP contribution in [0.15, 0.2) is 0 Å². The van der Waals surface area contributed by atoms with Gasteiger partial charge in [0.05, 0.1) is 31.2 Å². The first-order chi connectivity index (χ1) is 16.3. The van der Waals surface area contributed by atoms with Crippen LogP contribution in [0, 0.1) is 17.8 Å². The Morgan fingerprint density at radius 1 is 0.914 bits per heavy atom. The Morgan fingerprint density at radius 2 is 1.51 bits per heavy atom. The molecule has 8 heteroatoms. The minimum Gasteiger partial charge on any atom is -0.379 e. The van der Waals surface area contributed by atoms with Crippen LogP contribution < -0.4 is 5.32 Å². The number of carbonyl (C=O) groups is 3. The normalized spacial score (nSPS) is 15.1. The molecule has 3 amide bonds. The fourth-order valence-corrected chi connectivity index (χ4v) is 4.62. The standard InChI is InChI=1S/C27H54N4O4/c1-12-15-31(16-14-19(3)4)23(32)17-22(35-11)26(21(7)13-2)30(10)24(33)18-28-27(34)25(20(5)6)29(8)9/h19-22,25-26H,12-18H2,1-11H3,(H,28,34). The lowest BCUT2D eigenvalue weighted by molar-refractivity contribution is -0.142. The van der Waals surface area contributed by atoms with E-state index >= 15 is 0 Å². The zero-order chi connectivity index (χ0) is 27.3. The van der Waals surface area contributed by atoms with E-state index < -0.39 is 6.10 Å². The van der Waals surface area contributed by atoms with Crippen LogP contribution >= 0.6 is 0 Å². The van der Waals surface area contributed by atoms with Crippen LogP contribution in [0.25, 0.3) is 0 Å². The van der Waals surface area contributed by atoms with Crippen molar-refractivity contribution >= 4 is 17.7 Å². The number of carbonyl (C=O) groups excluding carboxylic acids is 3. The number of amides is 3. The highest BCUT2D eigenvalue weighted by Crippen LogP contribution is 2.22. The summed E-state index contributed by atoms with van der Waals surface area (Å²) in [5, 5.41) is 2.81. The molecule has 0 rings (SSSR count). The molecule has 0 fully saturated rings. The number of methoxy groups -OCH3 is 1. The summed E-state index contributed by atoms with van der Waals surface area (Å²) >= 11 is 0. The summed E-state index contributed by atoms with van der Waals surface area (Å²) in [6.45, 7) is 15.9. The summed E-state index contributed by atoms with van der Waals surface area (Å²) in [6, 6.07) is -0.583. The van der Waals surface area contributed by atoms with Gasteiger partial charge in [0.25, 0.3) is 0 Å². The van der Waals surface area contributed by atoms with Crippen molar-refractivity contribution < 1.29 is 19.1 Å². The molecule has 0 saturated heterocycles. The first-order valence-electron chi connectivity index (χ1n) is 13.3. The Balaban J connectivity index is 5.50. The minimum atomic E-state index is -0.425. The van der Waals surface area contributed by atoms with Crippen molar-refractivity contribution in [3.63, 3.8) is 0 Å². The molecule has 0 heterocycles. The highest BCUT2D eigenvalue weighted by Gasteiger charge is 2.35. The molecule has 0 aliphatic carbocycles. The van der Waals surface area contributed by atoms with Gasteiger partial charge < -0.3 is 19.9 Å². The summed E-state index contributed by atoms with van der Waals surface area (Å²) in [5.74, 6) is 0.479. The van der Waals surface area contributed by atoms with Gasteiger partial charge in [-0.15, -0.1) is 0 Å². The van der Waals surface area contributed by atoms with Crippen LogP contribution in [0.1, 0.15) is 74.1 Å². The van der Waals surface area contributed by atoms with Gasteiger partial charge in [-0.25, -0.2) is 0 Å². The van der Waals surface area contributed by atoms with Crippen molar-refractivity contribution in [2.45, 2.75) is 92.3 Å². The quantitative estimate of drug-likeness (QED) is 0.333. The second kappa shape index (κ2) is 16.9. The average molecular weight is 499 g/mol. The molecule has 4 unspecified atom stereocenters. The van der Waals surface area contributed by atoms with Crippen molar-refractivity contribution in [2.75, 3.05) is 47.9 Å². The summed E-state index contributed by atoms with van der Waals surface area (Å²) in [4.78, 5) is 44.5. The summed E-state index contributed by atoms with van der Waals surface area (Å²) in [6.07, 6.45) is 2.50. The number of hydrogen-bond acceptors (Lipinski definition) is 5. The highest BCUT2D eigenvalue weighted by molar-refractivity contribution is 5.87. The van der Waals surface area contributed by atoms with E-state index in [2.05, 4.69) is 39.9 Å². The van der Waals surface area contributed by atoms with Gasteiger partial charge >= 0.3 is 0 Å². The SMILES string of the molecule is CCCN(CCC(C)C)C(=O)CC(OC)C(C(C)CC)N(C)C(=O)CNC(=O)C(C(C)C)N(C)C. The zero-order valence-corrected chi connectivity index (χ0v) is 24.4. The number of rotatable bonds is 17. The van der Waals surface area contributed by atoms with Crippen molar-refractivity contribution in [3.8, 4) is 0 Å². The molecule has 0 saturated carbocycles. The molecule has 0 aliphatic rings. The fraction of sp³-hybridized carbons (Fsp3) is 0.889. The number of likely N-dealkylation sites (N-methyl/N-ethyl adjacent to an activating group) is 2. The average Bonchev–Trinajstić information content (AvgIpc) is 2.78. The molecule has 1 N–H and O–H groups in total. The van der Waals surface area contributed by atoms with E-state index in [1.165, 1.54) is 0 Å². The molecule has 0 aromatic rings. The van der Waals surface area contributed by atoms with E-state index in [0.717, 1.165) is 32.4 Å². The Hall–Kier alpha value is -1.67. The van der Waals surface area contributed by atoms with Gasteiger partial charge in [-0.2, -0.15) is 0 Å². The molecule has 0 aliphatic heterocycles. The van der Waals surface area contributed by atoms with Crippen molar-refractivity contribution in [2.24, 2.45) is 17.8 Å². The minimum absolute atomic E-state index is 0.0626. The Morgan fingerprint density at radius 3 is 1.94 bits per heavy atom. The van der Waals surface area contributed by atoms with Crippen molar-refractivity contribution in [3.05, 3.63) is 0 Å². The molecule has 0 spiro atoms. The van der Waals surface area contributed by atoms with Gasteiger partial charge in [0, 0.05) is 27.2 Å². The fourth-order valence-electron chi connectivity index (χ4n) is 4.62. The maximum absolute atomic E-state index is 13.2. The molecular weight excluding hydrogens is 444 g/mol. The summed E-state index contributed by atoms with van der Waals surface area (Å²) in [5.41, 5.74) is 0. The van der Waals surface area contributed by atoms with E-state index in [0.29, 0.717) is 5.92 Å². The molecular formula is C27H54N4O4. The van der Waals surface area contributed by atoms with Gasteiger partial charge in [-0.3, -0.25) is 19.3 Å². The topological polar surface area (TPSA) is 82.2 Å². The summed E-state index contributed by atoms with van der Waals surface area (Å²) < 4.78 is 5.82. The van der Waals surface area contributed by atoms with E-state index in [9.17, 15) is 14.4 Å². The van der Waals surface area contributed by atoms with Crippen LogP contribution in [-0.4, -0.2) is 98.5 Å². The third-order valence-electron chi connectivity index (χ3n) is 6.82. The van der Waals surface area contributed by atoms with Crippen molar-refractivity contribution in [1.29, 1.82) is 0 Å². The van der Waals surface area contributed by atoms with E-state index in [-0.39, 0.29) is 54.6 Å². The Labute approximate surface area is 215 Å². The first kappa shape index (κ1) is 33.3.